The fourth-order valence-electron chi connectivity index (χ4n) is 5.59. The number of aliphatic hydroxyl groups excluding tert-OH is 8. The molecule has 2 aliphatic rings. The molecule has 2 aliphatic heterocycles. The van der Waals surface area contributed by atoms with E-state index >= 15 is 0 Å². The van der Waals surface area contributed by atoms with Gasteiger partial charge in [-0.2, -0.15) is 0 Å². The Labute approximate surface area is 242 Å². The van der Waals surface area contributed by atoms with Gasteiger partial charge in [0, 0.05) is 11.6 Å². The molecule has 0 radical (unpaired) electrons. The number of hydrogen-bond acceptors (Lipinski definition) is 15. The van der Waals surface area contributed by atoms with E-state index in [0.29, 0.717) is 5.56 Å². The SMILES string of the molecule is COc1c([C@@H]2O[C@H](CO)[C@@H](O)[C@H](O)[C@H]2O)c(O)c2c(=O)cc(-c3ccc(O)cc3)oc2c1[C@@H]1O[C@@H](CO)[C@@H](O)[C@H](O)[C@H]1O. The van der Waals surface area contributed by atoms with Crippen molar-refractivity contribution in [1.82, 2.24) is 0 Å². The Morgan fingerprint density at radius 2 is 1.26 bits per heavy atom. The maximum absolute atomic E-state index is 13.6. The summed E-state index contributed by atoms with van der Waals surface area (Å²) in [6.07, 6.45) is -17.4. The Morgan fingerprint density at radius 3 is 1.74 bits per heavy atom. The summed E-state index contributed by atoms with van der Waals surface area (Å²) >= 11 is 0. The van der Waals surface area contributed by atoms with Crippen molar-refractivity contribution in [3.63, 3.8) is 0 Å². The Kier molecular flexibility index (Phi) is 8.65. The van der Waals surface area contributed by atoms with Gasteiger partial charge >= 0.3 is 0 Å². The molecule has 0 aliphatic carbocycles. The van der Waals surface area contributed by atoms with Crippen LogP contribution >= 0.6 is 0 Å². The number of ether oxygens (including phenoxy) is 3. The van der Waals surface area contributed by atoms with Crippen molar-refractivity contribution < 1.29 is 69.7 Å². The van der Waals surface area contributed by atoms with E-state index in [9.17, 15) is 55.9 Å². The summed E-state index contributed by atoms with van der Waals surface area (Å²) in [5, 5.41) is 104. The van der Waals surface area contributed by atoms with Gasteiger partial charge < -0.3 is 69.7 Å². The fourth-order valence-corrected chi connectivity index (χ4v) is 5.59. The summed E-state index contributed by atoms with van der Waals surface area (Å²) in [4.78, 5) is 13.6. The van der Waals surface area contributed by atoms with Gasteiger partial charge in [0.1, 0.15) is 89.4 Å². The molecule has 0 spiro atoms. The van der Waals surface area contributed by atoms with Crippen molar-refractivity contribution in [2.45, 2.75) is 61.0 Å². The van der Waals surface area contributed by atoms with E-state index in [1.54, 1.807) is 0 Å². The predicted octanol–water partition coefficient (Wildman–Crippen LogP) is -2.09. The summed E-state index contributed by atoms with van der Waals surface area (Å²) < 4.78 is 23.0. The number of aliphatic hydroxyl groups is 8. The normalized spacial score (nSPS) is 33.0. The summed E-state index contributed by atoms with van der Waals surface area (Å²) in [6.45, 7) is -1.61. The number of benzene rings is 2. The first kappa shape index (κ1) is 31.1. The molecule has 0 unspecified atom stereocenters. The van der Waals surface area contributed by atoms with Gasteiger partial charge in [-0.25, -0.2) is 0 Å². The van der Waals surface area contributed by atoms with Gasteiger partial charge in [0.15, 0.2) is 11.0 Å². The first-order valence-corrected chi connectivity index (χ1v) is 13.3. The average Bonchev–Trinajstić information content (AvgIpc) is 2.99. The van der Waals surface area contributed by atoms with Crippen LogP contribution < -0.4 is 10.2 Å². The van der Waals surface area contributed by atoms with Gasteiger partial charge in [-0.05, 0) is 24.3 Å². The minimum atomic E-state index is -1.94. The van der Waals surface area contributed by atoms with Crippen LogP contribution in [0.1, 0.15) is 23.3 Å². The molecule has 0 saturated carbocycles. The molecule has 0 amide bonds. The molecule has 1 aromatic heterocycles. The Hall–Kier alpha value is -3.35. The second kappa shape index (κ2) is 12.0. The number of hydrogen-bond donors (Lipinski definition) is 10. The smallest absolute Gasteiger partial charge is 0.197 e. The summed E-state index contributed by atoms with van der Waals surface area (Å²) in [6, 6.07) is 6.56. The van der Waals surface area contributed by atoms with Crippen molar-refractivity contribution in [3.8, 4) is 28.6 Å². The zero-order valence-corrected chi connectivity index (χ0v) is 22.6. The number of aromatic hydroxyl groups is 2. The molecule has 2 saturated heterocycles. The molecule has 43 heavy (non-hydrogen) atoms. The lowest BCUT2D eigenvalue weighted by Crippen LogP contribution is -2.55. The molecule has 0 bridgehead atoms. The largest absolute Gasteiger partial charge is 0.508 e. The molecule has 10 atom stereocenters. The van der Waals surface area contributed by atoms with Gasteiger partial charge in [0.2, 0.25) is 0 Å². The second-order valence-corrected chi connectivity index (χ2v) is 10.4. The maximum Gasteiger partial charge on any atom is 0.197 e. The molecule has 15 heteroatoms. The Balaban J connectivity index is 1.85. The second-order valence-electron chi connectivity index (χ2n) is 10.4. The third kappa shape index (κ3) is 5.12. The van der Waals surface area contributed by atoms with Crippen LogP contribution in [0.15, 0.2) is 39.5 Å². The quantitative estimate of drug-likeness (QED) is 0.144. The van der Waals surface area contributed by atoms with E-state index in [4.69, 9.17) is 18.6 Å². The average molecular weight is 609 g/mol. The first-order valence-electron chi connectivity index (χ1n) is 13.3. The third-order valence-corrected chi connectivity index (χ3v) is 7.88. The fraction of sp³-hybridized carbons (Fsp3) is 0.464. The minimum Gasteiger partial charge on any atom is -0.508 e. The Bertz CT molecular complexity index is 1520. The van der Waals surface area contributed by atoms with E-state index < -0.39 is 108 Å². The van der Waals surface area contributed by atoms with E-state index in [1.807, 2.05) is 0 Å². The van der Waals surface area contributed by atoms with Crippen LogP contribution in [-0.2, 0) is 9.47 Å². The molecule has 2 fully saturated rings. The van der Waals surface area contributed by atoms with Crippen molar-refractivity contribution in [2.24, 2.45) is 0 Å². The number of phenols is 2. The predicted molar refractivity (Wildman–Crippen MR) is 143 cm³/mol. The lowest BCUT2D eigenvalue weighted by molar-refractivity contribution is -0.233. The van der Waals surface area contributed by atoms with E-state index in [0.717, 1.165) is 13.2 Å². The lowest BCUT2D eigenvalue weighted by Gasteiger charge is -2.42. The van der Waals surface area contributed by atoms with Crippen LogP contribution in [0.5, 0.6) is 17.2 Å². The molecule has 10 N–H and O–H groups in total. The highest BCUT2D eigenvalue weighted by molar-refractivity contribution is 5.92. The third-order valence-electron chi connectivity index (χ3n) is 7.88. The van der Waals surface area contributed by atoms with Gasteiger partial charge in [0.05, 0.1) is 31.5 Å². The molecule has 234 valence electrons. The van der Waals surface area contributed by atoms with Crippen LogP contribution in [0.2, 0.25) is 0 Å². The van der Waals surface area contributed by atoms with Gasteiger partial charge in [-0.3, -0.25) is 4.79 Å². The number of rotatable bonds is 6. The topological polar surface area (TPSA) is 260 Å². The van der Waals surface area contributed by atoms with Crippen LogP contribution in [0.3, 0.4) is 0 Å². The maximum atomic E-state index is 13.6. The molecule has 15 nitrogen and oxygen atoms in total. The van der Waals surface area contributed by atoms with Gasteiger partial charge in [-0.15, -0.1) is 0 Å². The van der Waals surface area contributed by atoms with Crippen molar-refractivity contribution >= 4 is 11.0 Å². The van der Waals surface area contributed by atoms with Gasteiger partial charge in [0.25, 0.3) is 0 Å². The number of methoxy groups -OCH3 is 1. The molecule has 3 heterocycles. The highest BCUT2D eigenvalue weighted by Crippen LogP contribution is 2.51. The molecule has 5 rings (SSSR count). The first-order chi connectivity index (χ1) is 20.4. The molecule has 2 aromatic carbocycles. The minimum absolute atomic E-state index is 0.0645. The zero-order valence-electron chi connectivity index (χ0n) is 22.6. The summed E-state index contributed by atoms with van der Waals surface area (Å²) in [5.74, 6) is -1.39. The highest BCUT2D eigenvalue weighted by Gasteiger charge is 2.50. The van der Waals surface area contributed by atoms with E-state index in [2.05, 4.69) is 0 Å². The zero-order chi connectivity index (χ0) is 31.3. The van der Waals surface area contributed by atoms with Crippen LogP contribution in [0, 0.1) is 0 Å². The molecular weight excluding hydrogens is 576 g/mol. The van der Waals surface area contributed by atoms with Crippen molar-refractivity contribution in [1.29, 1.82) is 0 Å². The number of phenolic OH excluding ortho intramolecular Hbond substituents is 2. The van der Waals surface area contributed by atoms with E-state index in [1.165, 1.54) is 24.3 Å². The van der Waals surface area contributed by atoms with Crippen molar-refractivity contribution in [2.75, 3.05) is 20.3 Å². The van der Waals surface area contributed by atoms with E-state index in [-0.39, 0.29) is 17.1 Å². The monoisotopic (exact) mass is 608 g/mol. The summed E-state index contributed by atoms with van der Waals surface area (Å²) in [5.41, 5.74) is -1.71. The Morgan fingerprint density at radius 1 is 0.744 bits per heavy atom. The van der Waals surface area contributed by atoms with Crippen LogP contribution in [-0.4, -0.2) is 120 Å². The highest BCUT2D eigenvalue weighted by atomic mass is 16.6. The van der Waals surface area contributed by atoms with Crippen LogP contribution in [0.4, 0.5) is 0 Å². The van der Waals surface area contributed by atoms with Gasteiger partial charge in [-0.1, -0.05) is 0 Å². The lowest BCUT2D eigenvalue weighted by atomic mass is 9.85. The van der Waals surface area contributed by atoms with Crippen LogP contribution in [0.25, 0.3) is 22.3 Å². The van der Waals surface area contributed by atoms with Crippen molar-refractivity contribution in [3.05, 3.63) is 51.7 Å². The molecular formula is C28H32O15. The number of fused-ring (bicyclic) bond motifs is 1. The molecule has 3 aromatic rings. The summed E-state index contributed by atoms with van der Waals surface area (Å²) in [7, 11) is 1.11. The standard InChI is InChI=1S/C28H32O15/c1-40-25-16(27-23(38)21(36)18(33)13(7-29)42-27)20(35)15-11(32)6-12(9-2-4-10(31)5-3-9)41-26(15)17(25)28-24(39)22(37)19(34)14(8-30)43-28/h2-6,13-14,18-19,21-24,27-31,33-39H,7-8H2,1H3/t13-,14+,18-,19-,21+,22+,23-,24-,27+,28+/m1/s1.